The Morgan fingerprint density at radius 2 is 1.03 bits per heavy atom. The van der Waals surface area contributed by atoms with E-state index < -0.39 is 0 Å². The smallest absolute Gasteiger partial charge is 0.0646 e. The second kappa shape index (κ2) is 8.41. The normalized spacial score (nSPS) is 11.2. The standard InChI is InChI=1S/C30H21IN2/c31-33-29-17-8-7-16-27(29)28-21-23(18-19-30(28)33)22-10-9-15-26(20-22)32(24-11-3-1-4-12-24)25-13-5-2-6-14-25/h1-21H. The fourth-order valence-electron chi connectivity index (χ4n) is 4.53. The van der Waals surface area contributed by atoms with Crippen molar-refractivity contribution in [2.24, 2.45) is 0 Å². The van der Waals surface area contributed by atoms with Crippen LogP contribution in [0, 0.1) is 0 Å². The number of benzene rings is 5. The number of nitrogens with zero attached hydrogens (tertiary/aromatic N) is 2. The van der Waals surface area contributed by atoms with Crippen molar-refractivity contribution in [3.05, 3.63) is 127 Å². The van der Waals surface area contributed by atoms with Crippen molar-refractivity contribution in [1.82, 2.24) is 2.78 Å². The van der Waals surface area contributed by atoms with E-state index in [2.05, 4.69) is 158 Å². The largest absolute Gasteiger partial charge is 0.310 e. The minimum absolute atomic E-state index is 1.14. The van der Waals surface area contributed by atoms with Crippen LogP contribution in [0.15, 0.2) is 127 Å². The maximum Gasteiger partial charge on any atom is 0.0646 e. The molecule has 1 heterocycles. The second-order valence-corrected chi connectivity index (χ2v) is 9.05. The number of rotatable bonds is 4. The van der Waals surface area contributed by atoms with E-state index in [0.717, 1.165) is 17.1 Å². The summed E-state index contributed by atoms with van der Waals surface area (Å²) < 4.78 is 2.25. The van der Waals surface area contributed by atoms with Gasteiger partial charge in [-0.2, -0.15) is 0 Å². The first-order chi connectivity index (χ1) is 16.3. The molecule has 0 radical (unpaired) electrons. The van der Waals surface area contributed by atoms with Crippen LogP contribution in [0.25, 0.3) is 32.9 Å². The Balaban J connectivity index is 1.50. The average molecular weight is 536 g/mol. The van der Waals surface area contributed by atoms with E-state index in [1.165, 1.54) is 32.9 Å². The highest BCUT2D eigenvalue weighted by Crippen LogP contribution is 2.38. The molecule has 6 aromatic rings. The summed E-state index contributed by atoms with van der Waals surface area (Å²) in [6.07, 6.45) is 0. The molecule has 0 spiro atoms. The zero-order chi connectivity index (χ0) is 22.2. The second-order valence-electron chi connectivity index (χ2n) is 8.09. The Morgan fingerprint density at radius 1 is 0.455 bits per heavy atom. The zero-order valence-corrected chi connectivity index (χ0v) is 20.1. The van der Waals surface area contributed by atoms with Crippen LogP contribution in [0.4, 0.5) is 17.1 Å². The van der Waals surface area contributed by atoms with Gasteiger partial charge in [-0.05, 0) is 65.7 Å². The molecule has 33 heavy (non-hydrogen) atoms. The molecule has 0 aliphatic rings. The van der Waals surface area contributed by atoms with Gasteiger partial charge in [0.2, 0.25) is 0 Å². The molecule has 0 amide bonds. The summed E-state index contributed by atoms with van der Waals surface area (Å²) in [4.78, 5) is 2.30. The van der Waals surface area contributed by atoms with Crippen LogP contribution in [0.1, 0.15) is 0 Å². The third-order valence-corrected chi connectivity index (χ3v) is 7.12. The first-order valence-electron chi connectivity index (χ1n) is 11.0. The molecule has 0 atom stereocenters. The minimum atomic E-state index is 1.14. The Bertz CT molecular complexity index is 1530. The van der Waals surface area contributed by atoms with Crippen LogP contribution >= 0.6 is 22.9 Å². The Morgan fingerprint density at radius 3 is 1.76 bits per heavy atom. The van der Waals surface area contributed by atoms with Gasteiger partial charge in [-0.1, -0.05) is 72.8 Å². The van der Waals surface area contributed by atoms with Gasteiger partial charge in [-0.3, -0.25) is 2.78 Å². The van der Waals surface area contributed by atoms with Crippen LogP contribution in [-0.2, 0) is 0 Å². The van der Waals surface area contributed by atoms with Crippen LogP contribution in [0.2, 0.25) is 0 Å². The maximum absolute atomic E-state index is 2.39. The SMILES string of the molecule is In1c2ccccc2c2cc(-c3cccc(N(c4ccccc4)c4ccccc4)c3)ccc21. The van der Waals surface area contributed by atoms with Crippen molar-refractivity contribution in [3.63, 3.8) is 0 Å². The average Bonchev–Trinajstić information content (AvgIpc) is 3.17. The lowest BCUT2D eigenvalue weighted by atomic mass is 10.0. The van der Waals surface area contributed by atoms with Gasteiger partial charge in [-0.25, -0.2) is 0 Å². The summed E-state index contributed by atoms with van der Waals surface area (Å²) in [6.45, 7) is 0. The molecule has 6 rings (SSSR count). The molecule has 5 aromatic carbocycles. The van der Waals surface area contributed by atoms with E-state index >= 15 is 0 Å². The van der Waals surface area contributed by atoms with E-state index in [-0.39, 0.29) is 0 Å². The van der Waals surface area contributed by atoms with E-state index in [9.17, 15) is 0 Å². The zero-order valence-electron chi connectivity index (χ0n) is 17.9. The summed E-state index contributed by atoms with van der Waals surface area (Å²) in [7, 11) is 0. The molecular weight excluding hydrogens is 515 g/mol. The van der Waals surface area contributed by atoms with Gasteiger partial charge >= 0.3 is 0 Å². The van der Waals surface area contributed by atoms with E-state index in [1.54, 1.807) is 0 Å². The topological polar surface area (TPSA) is 8.17 Å². The van der Waals surface area contributed by atoms with E-state index in [1.807, 2.05) is 0 Å². The molecule has 0 aliphatic heterocycles. The number of para-hydroxylation sites is 3. The number of halogens is 1. The minimum Gasteiger partial charge on any atom is -0.310 e. The van der Waals surface area contributed by atoms with Crippen molar-refractivity contribution in [2.75, 3.05) is 4.90 Å². The van der Waals surface area contributed by atoms with Crippen molar-refractivity contribution < 1.29 is 0 Å². The third-order valence-electron chi connectivity index (χ3n) is 6.08. The van der Waals surface area contributed by atoms with Gasteiger partial charge in [0.1, 0.15) is 0 Å². The molecular formula is C30H21IN2. The molecule has 0 bridgehead atoms. The highest BCUT2D eigenvalue weighted by molar-refractivity contribution is 14.1. The number of fused-ring (bicyclic) bond motifs is 3. The molecule has 0 unspecified atom stereocenters. The molecule has 0 saturated heterocycles. The van der Waals surface area contributed by atoms with Gasteiger partial charge in [0, 0.05) is 27.8 Å². The van der Waals surface area contributed by atoms with Crippen LogP contribution < -0.4 is 4.90 Å². The van der Waals surface area contributed by atoms with Gasteiger partial charge < -0.3 is 4.90 Å². The highest BCUT2D eigenvalue weighted by Gasteiger charge is 2.14. The molecule has 1 aromatic heterocycles. The maximum atomic E-state index is 2.39. The first kappa shape index (κ1) is 20.1. The van der Waals surface area contributed by atoms with Gasteiger partial charge in [0.15, 0.2) is 0 Å². The lowest BCUT2D eigenvalue weighted by Crippen LogP contribution is -2.09. The van der Waals surface area contributed by atoms with Crippen molar-refractivity contribution in [2.45, 2.75) is 0 Å². The molecule has 0 N–H and O–H groups in total. The summed E-state index contributed by atoms with van der Waals surface area (Å²) in [5, 5.41) is 2.57. The molecule has 2 nitrogen and oxygen atoms in total. The number of anilines is 3. The summed E-state index contributed by atoms with van der Waals surface area (Å²) in [6, 6.07) is 45.3. The number of hydrogen-bond acceptors (Lipinski definition) is 1. The van der Waals surface area contributed by atoms with E-state index in [0.29, 0.717) is 0 Å². The molecule has 3 heteroatoms. The predicted octanol–water partition coefficient (Wildman–Crippen LogP) is 9.13. The molecule has 0 saturated carbocycles. The number of hydrogen-bond donors (Lipinski definition) is 0. The molecule has 158 valence electrons. The molecule has 0 fully saturated rings. The van der Waals surface area contributed by atoms with E-state index in [4.69, 9.17) is 0 Å². The first-order valence-corrected chi connectivity index (χ1v) is 12.0. The summed E-state index contributed by atoms with van der Waals surface area (Å²) in [5.41, 5.74) is 8.34. The Kier molecular flexibility index (Phi) is 5.11. The van der Waals surface area contributed by atoms with Crippen molar-refractivity contribution in [1.29, 1.82) is 0 Å². The third kappa shape index (κ3) is 3.58. The van der Waals surface area contributed by atoms with Crippen molar-refractivity contribution >= 4 is 61.7 Å². The Hall–Kier alpha value is -3.57. The van der Waals surface area contributed by atoms with Crippen LogP contribution in [0.5, 0.6) is 0 Å². The quantitative estimate of drug-likeness (QED) is 0.204. The Labute approximate surface area is 207 Å². The summed E-state index contributed by atoms with van der Waals surface area (Å²) in [5.74, 6) is 0. The highest BCUT2D eigenvalue weighted by atomic mass is 127. The van der Waals surface area contributed by atoms with Gasteiger partial charge in [0.25, 0.3) is 0 Å². The van der Waals surface area contributed by atoms with Crippen molar-refractivity contribution in [3.8, 4) is 11.1 Å². The lowest BCUT2D eigenvalue weighted by Gasteiger charge is -2.25. The lowest BCUT2D eigenvalue weighted by molar-refractivity contribution is 1.28. The monoisotopic (exact) mass is 536 g/mol. The summed E-state index contributed by atoms with van der Waals surface area (Å²) >= 11 is 2.39. The van der Waals surface area contributed by atoms with Gasteiger partial charge in [-0.15, -0.1) is 0 Å². The van der Waals surface area contributed by atoms with Crippen LogP contribution in [-0.4, -0.2) is 2.78 Å². The molecule has 0 aliphatic carbocycles. The van der Waals surface area contributed by atoms with Gasteiger partial charge in [0.05, 0.1) is 33.9 Å². The fourth-order valence-corrected chi connectivity index (χ4v) is 5.37. The predicted molar refractivity (Wildman–Crippen MR) is 149 cm³/mol. The van der Waals surface area contributed by atoms with Crippen LogP contribution in [0.3, 0.4) is 0 Å². The fraction of sp³-hybridized carbons (Fsp3) is 0. The number of aromatic nitrogens is 1.